The van der Waals surface area contributed by atoms with Crippen LogP contribution in [0.5, 0.6) is 0 Å². The van der Waals surface area contributed by atoms with Crippen molar-refractivity contribution in [3.63, 3.8) is 0 Å². The fourth-order valence-corrected chi connectivity index (χ4v) is 2.51. The molecule has 0 saturated heterocycles. The first kappa shape index (κ1) is 18.7. The van der Waals surface area contributed by atoms with Crippen molar-refractivity contribution in [1.29, 1.82) is 0 Å². The maximum absolute atomic E-state index is 2.20. The van der Waals surface area contributed by atoms with Crippen LogP contribution in [-0.2, 0) is 21.1 Å². The van der Waals surface area contributed by atoms with Gasteiger partial charge >= 0.3 is 0 Å². The molecule has 0 aliphatic heterocycles. The van der Waals surface area contributed by atoms with E-state index >= 15 is 0 Å². The van der Waals surface area contributed by atoms with Gasteiger partial charge in [-0.1, -0.05) is 91.0 Å². The largest absolute Gasteiger partial charge is 0.0622 e. The maximum Gasteiger partial charge on any atom is 0.0339 e. The van der Waals surface area contributed by atoms with E-state index < -0.39 is 0 Å². The molecule has 3 aromatic carbocycles. The van der Waals surface area contributed by atoms with Crippen molar-refractivity contribution in [2.45, 2.75) is 5.92 Å². The SMILES string of the molecule is [Th].[W].c1ccc(C(c2ccccc2)c2ccccc2)cc1. The molecule has 3 aromatic rings. The maximum atomic E-state index is 2.20. The molecule has 0 bridgehead atoms. The van der Waals surface area contributed by atoms with Crippen LogP contribution in [0.15, 0.2) is 91.0 Å². The normalized spacial score (nSPS) is 9.57. The molecule has 0 aromatic heterocycles. The van der Waals surface area contributed by atoms with Crippen LogP contribution in [0.25, 0.3) is 0 Å². The van der Waals surface area contributed by atoms with Crippen LogP contribution in [0.1, 0.15) is 22.6 Å². The zero-order valence-electron chi connectivity index (χ0n) is 11.6. The van der Waals surface area contributed by atoms with Crippen LogP contribution >= 0.6 is 0 Å². The van der Waals surface area contributed by atoms with Gasteiger partial charge < -0.3 is 0 Å². The Morgan fingerprint density at radius 1 is 0.429 bits per heavy atom. The average Bonchev–Trinajstić information content (AvgIpc) is 2.51. The number of hydrogen-bond donors (Lipinski definition) is 0. The van der Waals surface area contributed by atoms with Gasteiger partial charge in [0.2, 0.25) is 0 Å². The molecular weight excluding hydrogens is 644 g/mol. The zero-order chi connectivity index (χ0) is 12.9. The van der Waals surface area contributed by atoms with Crippen LogP contribution in [0.3, 0.4) is 0 Å². The van der Waals surface area contributed by atoms with Crippen LogP contribution in [0.4, 0.5) is 0 Å². The van der Waals surface area contributed by atoms with E-state index in [0.29, 0.717) is 5.92 Å². The van der Waals surface area contributed by atoms with Crippen LogP contribution in [0.2, 0.25) is 0 Å². The first-order valence-corrected chi connectivity index (χ1v) is 6.60. The molecular formula is C19H16ThW. The van der Waals surface area contributed by atoms with Crippen molar-refractivity contribution < 1.29 is 61.0 Å². The Morgan fingerprint density at radius 3 is 0.905 bits per heavy atom. The van der Waals surface area contributed by atoms with Gasteiger partial charge in [-0.15, -0.1) is 0 Å². The van der Waals surface area contributed by atoms with Gasteiger partial charge in [-0.3, -0.25) is 0 Å². The van der Waals surface area contributed by atoms with E-state index in [1.54, 1.807) is 0 Å². The van der Waals surface area contributed by atoms with E-state index in [9.17, 15) is 0 Å². The number of benzene rings is 3. The Labute approximate surface area is 172 Å². The molecule has 0 spiro atoms. The van der Waals surface area contributed by atoms with E-state index in [1.165, 1.54) is 16.7 Å². The molecule has 0 radical (unpaired) electrons. The van der Waals surface area contributed by atoms with E-state index in [0.717, 1.165) is 0 Å². The first-order valence-electron chi connectivity index (χ1n) is 6.60. The predicted molar refractivity (Wildman–Crippen MR) is 80.3 cm³/mol. The minimum atomic E-state index is 0. The monoisotopic (exact) mass is 660 g/mol. The summed E-state index contributed by atoms with van der Waals surface area (Å²) in [5.41, 5.74) is 4.00. The summed E-state index contributed by atoms with van der Waals surface area (Å²) in [6.45, 7) is 0. The Bertz CT molecular complexity index is 530. The van der Waals surface area contributed by atoms with Crippen molar-refractivity contribution in [1.82, 2.24) is 0 Å². The third kappa shape index (κ3) is 4.83. The van der Waals surface area contributed by atoms with Gasteiger partial charge in [0.1, 0.15) is 0 Å². The topological polar surface area (TPSA) is 0 Å². The van der Waals surface area contributed by atoms with E-state index in [-0.39, 0.29) is 61.0 Å². The summed E-state index contributed by atoms with van der Waals surface area (Å²) < 4.78 is 0. The predicted octanol–water partition coefficient (Wildman–Crippen LogP) is 4.86. The summed E-state index contributed by atoms with van der Waals surface area (Å²) in [4.78, 5) is 0. The second-order valence-electron chi connectivity index (χ2n) is 4.67. The quantitative estimate of drug-likeness (QED) is 0.353. The van der Waals surface area contributed by atoms with Crippen molar-refractivity contribution >= 4 is 0 Å². The third-order valence-corrected chi connectivity index (χ3v) is 3.40. The van der Waals surface area contributed by atoms with Gasteiger partial charge in [-0.2, -0.15) is 0 Å². The van der Waals surface area contributed by atoms with Crippen molar-refractivity contribution in [2.24, 2.45) is 0 Å². The Morgan fingerprint density at radius 2 is 0.667 bits per heavy atom. The molecule has 0 amide bonds. The Hall–Kier alpha value is -0.327. The molecule has 0 atom stereocenters. The Kier molecular flexibility index (Phi) is 8.60. The standard InChI is InChI=1S/C19H16.Th.W/c1-4-10-16(11-5-1)19(17-12-6-2-7-13-17)18-14-8-3-9-15-18;;/h1-15,19H;;. The molecule has 0 aliphatic carbocycles. The van der Waals surface area contributed by atoms with Gasteiger partial charge in [0.25, 0.3) is 0 Å². The van der Waals surface area contributed by atoms with Crippen molar-refractivity contribution in [3.05, 3.63) is 108 Å². The molecule has 21 heavy (non-hydrogen) atoms. The molecule has 0 unspecified atom stereocenters. The van der Waals surface area contributed by atoms with Gasteiger partial charge in [-0.25, -0.2) is 0 Å². The average molecular weight is 660 g/mol. The van der Waals surface area contributed by atoms with Crippen molar-refractivity contribution in [3.8, 4) is 0 Å². The second kappa shape index (κ2) is 9.64. The number of rotatable bonds is 3. The molecule has 0 heterocycles. The first-order chi connectivity index (χ1) is 9.45. The fourth-order valence-electron chi connectivity index (χ4n) is 2.51. The molecule has 0 aliphatic rings. The van der Waals surface area contributed by atoms with Gasteiger partial charge in [0, 0.05) is 66.9 Å². The summed E-state index contributed by atoms with van der Waals surface area (Å²) in [5, 5.41) is 0. The molecule has 102 valence electrons. The van der Waals surface area contributed by atoms with Crippen LogP contribution in [0, 0.1) is 39.9 Å². The van der Waals surface area contributed by atoms with Gasteiger partial charge in [0.05, 0.1) is 0 Å². The van der Waals surface area contributed by atoms with E-state index in [1.807, 2.05) is 0 Å². The Balaban J connectivity index is 0.00000110. The fraction of sp³-hybridized carbons (Fsp3) is 0.0526. The zero-order valence-corrected chi connectivity index (χ0v) is 18.7. The minimum Gasteiger partial charge on any atom is -0.0622 e. The van der Waals surface area contributed by atoms with Crippen molar-refractivity contribution in [2.75, 3.05) is 0 Å². The van der Waals surface area contributed by atoms with Gasteiger partial charge in [-0.05, 0) is 16.7 Å². The van der Waals surface area contributed by atoms with E-state index in [2.05, 4.69) is 91.0 Å². The molecule has 0 N–H and O–H groups in total. The second-order valence-corrected chi connectivity index (χ2v) is 4.67. The minimum absolute atomic E-state index is 0. The summed E-state index contributed by atoms with van der Waals surface area (Å²) >= 11 is 0. The van der Waals surface area contributed by atoms with Crippen LogP contribution < -0.4 is 0 Å². The summed E-state index contributed by atoms with van der Waals surface area (Å²) in [6.07, 6.45) is 0. The molecule has 0 fully saturated rings. The molecule has 0 nitrogen and oxygen atoms in total. The van der Waals surface area contributed by atoms with Crippen LogP contribution in [-0.4, -0.2) is 0 Å². The van der Waals surface area contributed by atoms with E-state index in [4.69, 9.17) is 0 Å². The summed E-state index contributed by atoms with van der Waals surface area (Å²) in [5.74, 6) is 0.309. The summed E-state index contributed by atoms with van der Waals surface area (Å²) in [6, 6.07) is 32.0. The summed E-state index contributed by atoms with van der Waals surface area (Å²) in [7, 11) is 0. The van der Waals surface area contributed by atoms with Gasteiger partial charge in [0.15, 0.2) is 0 Å². The molecule has 3 rings (SSSR count). The molecule has 0 saturated carbocycles. The smallest absolute Gasteiger partial charge is 0.0339 e. The third-order valence-electron chi connectivity index (χ3n) is 3.40. The number of hydrogen-bond acceptors (Lipinski definition) is 0. The molecule has 2 heteroatoms.